The van der Waals surface area contributed by atoms with Crippen molar-refractivity contribution >= 4 is 5.91 Å². The smallest absolute Gasteiger partial charge is 0.253 e. The number of nitrogens with zero attached hydrogens (tertiary/aromatic N) is 2. The lowest BCUT2D eigenvalue weighted by molar-refractivity contribution is 0.0952. The van der Waals surface area contributed by atoms with Gasteiger partial charge in [-0.3, -0.25) is 14.2 Å². The Morgan fingerprint density at radius 1 is 1.33 bits per heavy atom. The highest BCUT2D eigenvalue weighted by Gasteiger charge is 2.05. The molecular weight excluding hydrogens is 273 g/mol. The quantitative estimate of drug-likeness (QED) is 0.904. The number of aromatic nitrogens is 2. The zero-order valence-corrected chi connectivity index (χ0v) is 11.7. The number of hydrogen-bond acceptors (Lipinski definition) is 3. The van der Waals surface area contributed by atoms with Crippen molar-refractivity contribution in [3.63, 3.8) is 0 Å². The van der Waals surface area contributed by atoms with E-state index in [1.54, 1.807) is 0 Å². The number of carbonyl (C=O) groups is 1. The maximum absolute atomic E-state index is 12.8. The third-order valence-electron chi connectivity index (χ3n) is 3.04. The van der Waals surface area contributed by atoms with Crippen molar-refractivity contribution in [1.29, 1.82) is 0 Å². The highest BCUT2D eigenvalue weighted by Crippen LogP contribution is 2.02. The average Bonchev–Trinajstić information content (AvgIpc) is 2.49. The molecule has 110 valence electrons. The summed E-state index contributed by atoms with van der Waals surface area (Å²) in [7, 11) is 0. The second-order valence-corrected chi connectivity index (χ2v) is 4.53. The molecule has 0 atom stereocenters. The Morgan fingerprint density at radius 3 is 2.67 bits per heavy atom. The molecule has 0 saturated heterocycles. The van der Waals surface area contributed by atoms with Gasteiger partial charge in [0.2, 0.25) is 0 Å². The molecular formula is C15H16FN3O2. The summed E-state index contributed by atoms with van der Waals surface area (Å²) in [5.74, 6) is -0.693. The van der Waals surface area contributed by atoms with E-state index in [0.717, 1.165) is 5.69 Å². The molecule has 0 aliphatic rings. The van der Waals surface area contributed by atoms with Gasteiger partial charge in [-0.05, 0) is 30.7 Å². The fraction of sp³-hybridized carbons (Fsp3) is 0.267. The third-order valence-corrected chi connectivity index (χ3v) is 3.04. The molecule has 2 aromatic rings. The van der Waals surface area contributed by atoms with E-state index in [2.05, 4.69) is 10.3 Å². The SMILES string of the molecule is CCc1cc(=O)n(CCNC(=O)c2ccc(F)cc2)cn1. The first-order valence-corrected chi connectivity index (χ1v) is 6.69. The summed E-state index contributed by atoms with van der Waals surface area (Å²) in [6.45, 7) is 2.56. The lowest BCUT2D eigenvalue weighted by Gasteiger charge is -2.07. The lowest BCUT2D eigenvalue weighted by atomic mass is 10.2. The molecule has 0 aliphatic heterocycles. The van der Waals surface area contributed by atoms with Gasteiger partial charge in [0.05, 0.1) is 6.33 Å². The summed E-state index contributed by atoms with van der Waals surface area (Å²) in [4.78, 5) is 27.7. The van der Waals surface area contributed by atoms with E-state index in [1.165, 1.54) is 41.2 Å². The van der Waals surface area contributed by atoms with Crippen LogP contribution in [0.3, 0.4) is 0 Å². The summed E-state index contributed by atoms with van der Waals surface area (Å²) in [5, 5.41) is 2.67. The van der Waals surface area contributed by atoms with Crippen LogP contribution in [0.25, 0.3) is 0 Å². The number of rotatable bonds is 5. The topological polar surface area (TPSA) is 64.0 Å². The van der Waals surface area contributed by atoms with Crippen molar-refractivity contribution < 1.29 is 9.18 Å². The molecule has 1 heterocycles. The molecule has 0 radical (unpaired) electrons. The minimum Gasteiger partial charge on any atom is -0.350 e. The van der Waals surface area contributed by atoms with E-state index in [0.29, 0.717) is 25.1 Å². The molecule has 0 unspecified atom stereocenters. The Hall–Kier alpha value is -2.50. The van der Waals surface area contributed by atoms with Crippen LogP contribution in [-0.2, 0) is 13.0 Å². The van der Waals surface area contributed by atoms with E-state index in [1.807, 2.05) is 6.92 Å². The zero-order valence-electron chi connectivity index (χ0n) is 11.7. The van der Waals surface area contributed by atoms with Gasteiger partial charge >= 0.3 is 0 Å². The highest BCUT2D eigenvalue weighted by molar-refractivity contribution is 5.94. The summed E-state index contributed by atoms with van der Waals surface area (Å²) in [6, 6.07) is 6.77. The fourth-order valence-corrected chi connectivity index (χ4v) is 1.82. The van der Waals surface area contributed by atoms with Gasteiger partial charge in [-0.1, -0.05) is 6.92 Å². The van der Waals surface area contributed by atoms with Crippen LogP contribution in [0.15, 0.2) is 41.5 Å². The number of carbonyl (C=O) groups excluding carboxylic acids is 1. The molecule has 5 nitrogen and oxygen atoms in total. The largest absolute Gasteiger partial charge is 0.350 e. The second-order valence-electron chi connectivity index (χ2n) is 4.53. The molecule has 1 aromatic heterocycles. The summed E-state index contributed by atoms with van der Waals surface area (Å²) < 4.78 is 14.2. The number of halogens is 1. The first-order chi connectivity index (χ1) is 10.1. The van der Waals surface area contributed by atoms with Gasteiger partial charge in [0, 0.05) is 30.4 Å². The minimum absolute atomic E-state index is 0.141. The van der Waals surface area contributed by atoms with Gasteiger partial charge < -0.3 is 5.32 Å². The van der Waals surface area contributed by atoms with E-state index in [9.17, 15) is 14.0 Å². The van der Waals surface area contributed by atoms with Crippen molar-refractivity contribution in [2.45, 2.75) is 19.9 Å². The lowest BCUT2D eigenvalue weighted by Crippen LogP contribution is -2.31. The maximum atomic E-state index is 12.8. The van der Waals surface area contributed by atoms with Crippen molar-refractivity contribution in [2.75, 3.05) is 6.54 Å². The number of hydrogen-bond donors (Lipinski definition) is 1. The third kappa shape index (κ3) is 3.98. The predicted octanol–water partition coefficient (Wildman–Crippen LogP) is 1.37. The Labute approximate surface area is 121 Å². The van der Waals surface area contributed by atoms with E-state index in [-0.39, 0.29) is 17.3 Å². The first-order valence-electron chi connectivity index (χ1n) is 6.69. The van der Waals surface area contributed by atoms with Gasteiger partial charge in [-0.25, -0.2) is 9.37 Å². The predicted molar refractivity (Wildman–Crippen MR) is 76.6 cm³/mol. The molecule has 21 heavy (non-hydrogen) atoms. The van der Waals surface area contributed by atoms with Gasteiger partial charge in [0.25, 0.3) is 11.5 Å². The molecule has 1 N–H and O–H groups in total. The van der Waals surface area contributed by atoms with E-state index >= 15 is 0 Å². The van der Waals surface area contributed by atoms with Crippen LogP contribution in [0.5, 0.6) is 0 Å². The molecule has 0 fully saturated rings. The summed E-state index contributed by atoms with van der Waals surface area (Å²) in [5.41, 5.74) is 0.979. The second kappa shape index (κ2) is 6.78. The summed E-state index contributed by atoms with van der Waals surface area (Å²) >= 11 is 0. The highest BCUT2D eigenvalue weighted by atomic mass is 19.1. The number of aryl methyl sites for hydroxylation is 1. The standard InChI is InChI=1S/C15H16FN3O2/c1-2-13-9-14(20)19(10-18-13)8-7-17-15(21)11-3-5-12(16)6-4-11/h3-6,9-10H,2,7-8H2,1H3,(H,17,21). The van der Waals surface area contributed by atoms with Gasteiger partial charge in [0.15, 0.2) is 0 Å². The number of nitrogens with one attached hydrogen (secondary N) is 1. The average molecular weight is 289 g/mol. The molecule has 1 amide bonds. The number of benzene rings is 1. The van der Waals surface area contributed by atoms with Gasteiger partial charge in [0.1, 0.15) is 5.82 Å². The van der Waals surface area contributed by atoms with E-state index in [4.69, 9.17) is 0 Å². The molecule has 0 spiro atoms. The normalized spacial score (nSPS) is 10.4. The zero-order chi connectivity index (χ0) is 15.2. The molecule has 0 aliphatic carbocycles. The Balaban J connectivity index is 1.91. The van der Waals surface area contributed by atoms with Gasteiger partial charge in [-0.2, -0.15) is 0 Å². The Bertz CT molecular complexity index is 680. The Kier molecular flexibility index (Phi) is 4.81. The van der Waals surface area contributed by atoms with Crippen molar-refractivity contribution in [3.8, 4) is 0 Å². The van der Waals surface area contributed by atoms with Crippen molar-refractivity contribution in [3.05, 3.63) is 64.1 Å². The van der Waals surface area contributed by atoms with Crippen molar-refractivity contribution in [1.82, 2.24) is 14.9 Å². The van der Waals surface area contributed by atoms with Crippen LogP contribution in [0, 0.1) is 5.82 Å². The van der Waals surface area contributed by atoms with Crippen LogP contribution < -0.4 is 10.9 Å². The van der Waals surface area contributed by atoms with Crippen LogP contribution in [-0.4, -0.2) is 22.0 Å². The van der Waals surface area contributed by atoms with Crippen molar-refractivity contribution in [2.24, 2.45) is 0 Å². The van der Waals surface area contributed by atoms with Crippen LogP contribution in [0.2, 0.25) is 0 Å². The number of amides is 1. The minimum atomic E-state index is -0.389. The molecule has 0 saturated carbocycles. The fourth-order valence-electron chi connectivity index (χ4n) is 1.82. The van der Waals surface area contributed by atoms with E-state index < -0.39 is 0 Å². The first kappa shape index (κ1) is 14.9. The molecule has 6 heteroatoms. The van der Waals surface area contributed by atoms with Crippen LogP contribution in [0.1, 0.15) is 23.0 Å². The van der Waals surface area contributed by atoms with Crippen LogP contribution >= 0.6 is 0 Å². The summed E-state index contributed by atoms with van der Waals surface area (Å²) in [6.07, 6.45) is 2.18. The monoisotopic (exact) mass is 289 g/mol. The Morgan fingerprint density at radius 2 is 2.05 bits per heavy atom. The molecule has 0 bridgehead atoms. The molecule has 1 aromatic carbocycles. The van der Waals surface area contributed by atoms with Gasteiger partial charge in [-0.15, -0.1) is 0 Å². The van der Waals surface area contributed by atoms with Crippen LogP contribution in [0.4, 0.5) is 4.39 Å². The molecule has 2 rings (SSSR count). The maximum Gasteiger partial charge on any atom is 0.253 e.